The molecular weight excluding hydrogens is 268 g/mol. The first-order valence-corrected chi connectivity index (χ1v) is 6.54. The Hall–Kier alpha value is -2.54. The first-order valence-electron chi connectivity index (χ1n) is 6.54. The van der Waals surface area contributed by atoms with E-state index in [0.717, 1.165) is 17.4 Å². The molecule has 0 saturated heterocycles. The Morgan fingerprint density at radius 3 is 2.67 bits per heavy atom. The zero-order valence-electron chi connectivity index (χ0n) is 12.2. The van der Waals surface area contributed by atoms with Crippen LogP contribution in [0.2, 0.25) is 0 Å². The van der Waals surface area contributed by atoms with Gasteiger partial charge in [0.15, 0.2) is 5.96 Å². The first-order chi connectivity index (χ1) is 10.0. The van der Waals surface area contributed by atoms with Crippen LogP contribution in [0.25, 0.3) is 10.9 Å². The van der Waals surface area contributed by atoms with Crippen LogP contribution in [0.15, 0.2) is 34.3 Å². The summed E-state index contributed by atoms with van der Waals surface area (Å²) in [5, 5.41) is 1.09. The number of guanidine groups is 2. The molecule has 0 bridgehead atoms. The van der Waals surface area contributed by atoms with Crippen LogP contribution in [0.3, 0.4) is 0 Å². The van der Waals surface area contributed by atoms with Crippen molar-refractivity contribution < 1.29 is 4.74 Å². The quantitative estimate of drug-likeness (QED) is 0.570. The van der Waals surface area contributed by atoms with Gasteiger partial charge in [-0.25, -0.2) is 4.99 Å². The highest BCUT2D eigenvalue weighted by Gasteiger charge is 2.06. The zero-order chi connectivity index (χ0) is 15.4. The van der Waals surface area contributed by atoms with Crippen LogP contribution in [0.1, 0.15) is 5.69 Å². The molecule has 0 amide bonds. The van der Waals surface area contributed by atoms with Crippen LogP contribution in [-0.4, -0.2) is 30.2 Å². The Morgan fingerprint density at radius 2 is 2.00 bits per heavy atom. The van der Waals surface area contributed by atoms with E-state index in [1.807, 2.05) is 18.2 Å². The lowest BCUT2D eigenvalue weighted by Crippen LogP contribution is -2.26. The van der Waals surface area contributed by atoms with E-state index < -0.39 is 0 Å². The average molecular weight is 288 g/mol. The minimum atomic E-state index is -0.112. The fraction of sp³-hybridized carbons (Fsp3) is 0.286. The Morgan fingerprint density at radius 1 is 1.24 bits per heavy atom. The van der Waals surface area contributed by atoms with Gasteiger partial charge in [-0.05, 0) is 31.2 Å². The first kappa shape index (κ1) is 14.9. The van der Waals surface area contributed by atoms with Crippen LogP contribution in [0.5, 0.6) is 0 Å². The maximum absolute atomic E-state index is 5.63. The number of aliphatic imine (C=N–C) groups is 2. The van der Waals surface area contributed by atoms with Crippen molar-refractivity contribution >= 4 is 28.5 Å². The molecule has 1 aromatic carbocycles. The number of hydrogen-bond acceptors (Lipinski definition) is 2. The molecule has 2 aromatic rings. The Balaban J connectivity index is 2.37. The lowest BCUT2D eigenvalue weighted by Gasteiger charge is -2.07. The Labute approximate surface area is 123 Å². The lowest BCUT2D eigenvalue weighted by atomic mass is 10.2. The molecule has 6 N–H and O–H groups in total. The highest BCUT2D eigenvalue weighted by molar-refractivity contribution is 5.94. The van der Waals surface area contributed by atoms with E-state index in [1.54, 1.807) is 7.11 Å². The molecule has 1 heterocycles. The van der Waals surface area contributed by atoms with Crippen molar-refractivity contribution in [1.82, 2.24) is 4.57 Å². The smallest absolute Gasteiger partial charge is 0.223 e. The van der Waals surface area contributed by atoms with Gasteiger partial charge in [0.2, 0.25) is 5.96 Å². The average Bonchev–Trinajstić information content (AvgIpc) is 2.70. The highest BCUT2D eigenvalue weighted by Crippen LogP contribution is 2.24. The molecule has 0 fully saturated rings. The van der Waals surface area contributed by atoms with Gasteiger partial charge in [-0.3, -0.25) is 0 Å². The number of rotatable bonds is 4. The standard InChI is InChI=1S/C14H20N6O/c1-9-7-10-8-11(18-14(17)19-13(15)16)3-4-12(10)20(9)5-6-21-2/h3-4,7-8H,5-6H2,1-2H3,(H6,15,16,17,18,19). The normalized spacial score (nSPS) is 11.8. The minimum Gasteiger partial charge on any atom is -0.383 e. The maximum Gasteiger partial charge on any atom is 0.223 e. The summed E-state index contributed by atoms with van der Waals surface area (Å²) in [6.07, 6.45) is 0. The number of nitrogens with zero attached hydrogens (tertiary/aromatic N) is 3. The molecule has 7 heteroatoms. The molecule has 112 valence electrons. The summed E-state index contributed by atoms with van der Waals surface area (Å²) in [4.78, 5) is 7.86. The summed E-state index contributed by atoms with van der Waals surface area (Å²) in [7, 11) is 1.69. The van der Waals surface area contributed by atoms with E-state index in [4.69, 9.17) is 21.9 Å². The Bertz CT molecular complexity index is 697. The van der Waals surface area contributed by atoms with Crippen LogP contribution >= 0.6 is 0 Å². The van der Waals surface area contributed by atoms with E-state index in [9.17, 15) is 0 Å². The van der Waals surface area contributed by atoms with Crippen LogP contribution in [0.4, 0.5) is 5.69 Å². The molecule has 7 nitrogen and oxygen atoms in total. The molecule has 0 radical (unpaired) electrons. The number of aromatic nitrogens is 1. The number of ether oxygens (including phenoxy) is 1. The second kappa shape index (κ2) is 6.27. The van der Waals surface area contributed by atoms with Crippen LogP contribution < -0.4 is 17.2 Å². The topological polar surface area (TPSA) is 117 Å². The molecule has 1 aromatic heterocycles. The van der Waals surface area contributed by atoms with Crippen molar-refractivity contribution in [2.75, 3.05) is 13.7 Å². The number of benzene rings is 1. The van der Waals surface area contributed by atoms with Gasteiger partial charge in [-0.15, -0.1) is 0 Å². The van der Waals surface area contributed by atoms with Gasteiger partial charge in [-0.2, -0.15) is 4.99 Å². The van der Waals surface area contributed by atoms with Crippen molar-refractivity contribution in [1.29, 1.82) is 0 Å². The minimum absolute atomic E-state index is 0.0323. The molecule has 21 heavy (non-hydrogen) atoms. The van der Waals surface area contributed by atoms with Crippen molar-refractivity contribution in [2.24, 2.45) is 27.2 Å². The SMILES string of the molecule is COCCn1c(C)cc2cc(N=C(N)N=C(N)N)ccc21. The van der Waals surface area contributed by atoms with E-state index >= 15 is 0 Å². The molecule has 0 aliphatic carbocycles. The van der Waals surface area contributed by atoms with Gasteiger partial charge in [-0.1, -0.05) is 0 Å². The second-order valence-electron chi connectivity index (χ2n) is 4.68. The summed E-state index contributed by atoms with van der Waals surface area (Å²) in [5.41, 5.74) is 19.1. The molecule has 0 atom stereocenters. The summed E-state index contributed by atoms with van der Waals surface area (Å²) < 4.78 is 7.33. The van der Waals surface area contributed by atoms with Crippen LogP contribution in [0, 0.1) is 6.92 Å². The zero-order valence-corrected chi connectivity index (χ0v) is 12.2. The van der Waals surface area contributed by atoms with E-state index in [2.05, 4.69) is 27.5 Å². The van der Waals surface area contributed by atoms with Gasteiger partial charge in [0.25, 0.3) is 0 Å². The fourth-order valence-corrected chi connectivity index (χ4v) is 2.23. The summed E-state index contributed by atoms with van der Waals surface area (Å²) >= 11 is 0. The number of hydrogen-bond donors (Lipinski definition) is 3. The van der Waals surface area contributed by atoms with Crippen LogP contribution in [-0.2, 0) is 11.3 Å². The molecule has 0 aliphatic rings. The third kappa shape index (κ3) is 3.51. The molecule has 0 unspecified atom stereocenters. The van der Waals surface area contributed by atoms with Crippen molar-refractivity contribution in [3.05, 3.63) is 30.0 Å². The van der Waals surface area contributed by atoms with E-state index in [-0.39, 0.29) is 11.9 Å². The van der Waals surface area contributed by atoms with Crippen molar-refractivity contribution in [3.63, 3.8) is 0 Å². The third-order valence-corrected chi connectivity index (χ3v) is 3.10. The molecule has 2 rings (SSSR count). The second-order valence-corrected chi connectivity index (χ2v) is 4.68. The lowest BCUT2D eigenvalue weighted by molar-refractivity contribution is 0.188. The monoisotopic (exact) mass is 288 g/mol. The molecular formula is C14H20N6O. The maximum atomic E-state index is 5.63. The van der Waals surface area contributed by atoms with E-state index in [1.165, 1.54) is 5.69 Å². The van der Waals surface area contributed by atoms with Gasteiger partial charge in [0.05, 0.1) is 12.3 Å². The van der Waals surface area contributed by atoms with Crippen molar-refractivity contribution in [3.8, 4) is 0 Å². The van der Waals surface area contributed by atoms with Gasteiger partial charge in [0, 0.05) is 30.3 Å². The molecule has 0 saturated carbocycles. The summed E-state index contributed by atoms with van der Waals surface area (Å²) in [6.45, 7) is 3.54. The largest absolute Gasteiger partial charge is 0.383 e. The predicted octanol–water partition coefficient (Wildman–Crippen LogP) is 0.816. The number of methoxy groups -OCH3 is 1. The predicted molar refractivity (Wildman–Crippen MR) is 85.6 cm³/mol. The fourth-order valence-electron chi connectivity index (χ4n) is 2.23. The molecule has 0 aliphatic heterocycles. The third-order valence-electron chi connectivity index (χ3n) is 3.10. The van der Waals surface area contributed by atoms with Gasteiger partial charge < -0.3 is 26.5 Å². The number of aryl methyl sites for hydroxylation is 1. The van der Waals surface area contributed by atoms with Gasteiger partial charge >= 0.3 is 0 Å². The van der Waals surface area contributed by atoms with E-state index in [0.29, 0.717) is 12.3 Å². The van der Waals surface area contributed by atoms with Crippen molar-refractivity contribution in [2.45, 2.75) is 13.5 Å². The summed E-state index contributed by atoms with van der Waals surface area (Å²) in [6, 6.07) is 7.92. The highest BCUT2D eigenvalue weighted by atomic mass is 16.5. The van der Waals surface area contributed by atoms with Gasteiger partial charge in [0.1, 0.15) is 0 Å². The number of fused-ring (bicyclic) bond motifs is 1. The Kier molecular flexibility index (Phi) is 4.44. The summed E-state index contributed by atoms with van der Waals surface area (Å²) in [5.74, 6) is -0.0798. The molecule has 0 spiro atoms. The number of nitrogens with two attached hydrogens (primary N) is 3.